The number of halogens is 4. The van der Waals surface area contributed by atoms with Gasteiger partial charge in [0.15, 0.2) is 0 Å². The van der Waals surface area contributed by atoms with Crippen molar-refractivity contribution in [3.8, 4) is 0 Å². The van der Waals surface area contributed by atoms with Crippen LogP contribution in [0.15, 0.2) is 34.8 Å². The van der Waals surface area contributed by atoms with Gasteiger partial charge in [-0.05, 0) is 40.2 Å². The Morgan fingerprint density at radius 3 is 2.52 bits per heavy atom. The van der Waals surface area contributed by atoms with Gasteiger partial charge < -0.3 is 10.6 Å². The molecule has 2 N–H and O–H groups in total. The van der Waals surface area contributed by atoms with Crippen molar-refractivity contribution in [1.82, 2.24) is 0 Å². The SMILES string of the molecule is CNc1ccc(Cl)cc1C(=O)Nc1cc(Br)c(F)cc1F. The van der Waals surface area contributed by atoms with Crippen LogP contribution < -0.4 is 10.6 Å². The summed E-state index contributed by atoms with van der Waals surface area (Å²) in [7, 11) is 1.65. The molecule has 0 bridgehead atoms. The third-order valence-corrected chi connectivity index (χ3v) is 3.60. The lowest BCUT2D eigenvalue weighted by Gasteiger charge is -2.11. The average molecular weight is 376 g/mol. The Morgan fingerprint density at radius 2 is 1.86 bits per heavy atom. The highest BCUT2D eigenvalue weighted by Crippen LogP contribution is 2.26. The summed E-state index contributed by atoms with van der Waals surface area (Å²) in [6.45, 7) is 0. The van der Waals surface area contributed by atoms with E-state index in [1.807, 2.05) is 0 Å². The van der Waals surface area contributed by atoms with Crippen molar-refractivity contribution in [2.75, 3.05) is 17.7 Å². The molecule has 0 aromatic heterocycles. The summed E-state index contributed by atoms with van der Waals surface area (Å²) < 4.78 is 26.9. The molecule has 3 nitrogen and oxygen atoms in total. The van der Waals surface area contributed by atoms with Gasteiger partial charge in [0.2, 0.25) is 0 Å². The van der Waals surface area contributed by atoms with E-state index in [1.54, 1.807) is 19.2 Å². The molecule has 0 heterocycles. The van der Waals surface area contributed by atoms with Crippen molar-refractivity contribution in [2.45, 2.75) is 0 Å². The Bertz CT molecular complexity index is 710. The molecule has 0 fully saturated rings. The Balaban J connectivity index is 2.34. The molecule has 0 spiro atoms. The van der Waals surface area contributed by atoms with Crippen LogP contribution in [-0.4, -0.2) is 13.0 Å². The number of carbonyl (C=O) groups is 1. The van der Waals surface area contributed by atoms with E-state index in [2.05, 4.69) is 26.6 Å². The molecule has 0 aliphatic carbocycles. The van der Waals surface area contributed by atoms with Crippen molar-refractivity contribution in [1.29, 1.82) is 0 Å². The van der Waals surface area contributed by atoms with Crippen LogP contribution in [0.3, 0.4) is 0 Å². The second-order valence-corrected chi connectivity index (χ2v) is 5.43. The fraction of sp³-hybridized carbons (Fsp3) is 0.0714. The first kappa shape index (κ1) is 15.7. The molecule has 1 amide bonds. The van der Waals surface area contributed by atoms with Gasteiger partial charge in [-0.1, -0.05) is 11.6 Å². The van der Waals surface area contributed by atoms with Gasteiger partial charge in [0, 0.05) is 23.8 Å². The maximum Gasteiger partial charge on any atom is 0.257 e. The number of carbonyl (C=O) groups excluding carboxylic acids is 1. The van der Waals surface area contributed by atoms with Gasteiger partial charge in [0.05, 0.1) is 15.7 Å². The normalized spacial score (nSPS) is 10.3. The fourth-order valence-electron chi connectivity index (χ4n) is 1.73. The third kappa shape index (κ3) is 3.51. The van der Waals surface area contributed by atoms with E-state index < -0.39 is 17.5 Å². The number of anilines is 2. The molecule has 21 heavy (non-hydrogen) atoms. The first-order chi connectivity index (χ1) is 9.92. The fourth-order valence-corrected chi connectivity index (χ4v) is 2.25. The smallest absolute Gasteiger partial charge is 0.257 e. The van der Waals surface area contributed by atoms with Gasteiger partial charge >= 0.3 is 0 Å². The second-order valence-electron chi connectivity index (χ2n) is 4.14. The van der Waals surface area contributed by atoms with Crippen molar-refractivity contribution < 1.29 is 13.6 Å². The molecule has 7 heteroatoms. The van der Waals surface area contributed by atoms with Crippen LogP contribution in [0.25, 0.3) is 0 Å². The molecule has 2 rings (SSSR count). The van der Waals surface area contributed by atoms with Crippen LogP contribution >= 0.6 is 27.5 Å². The van der Waals surface area contributed by atoms with Crippen molar-refractivity contribution >= 4 is 44.8 Å². The Hall–Kier alpha value is -1.66. The molecule has 2 aromatic carbocycles. The van der Waals surface area contributed by atoms with Gasteiger partial charge in [0.1, 0.15) is 11.6 Å². The maximum atomic E-state index is 13.7. The molecular weight excluding hydrogens is 366 g/mol. The summed E-state index contributed by atoms with van der Waals surface area (Å²) in [5.41, 5.74) is 0.665. The van der Waals surface area contributed by atoms with E-state index in [0.29, 0.717) is 16.8 Å². The highest BCUT2D eigenvalue weighted by molar-refractivity contribution is 9.10. The van der Waals surface area contributed by atoms with Gasteiger partial charge in [-0.3, -0.25) is 4.79 Å². The Morgan fingerprint density at radius 1 is 1.14 bits per heavy atom. The maximum absolute atomic E-state index is 13.7. The molecule has 0 aliphatic rings. The van der Waals surface area contributed by atoms with Crippen molar-refractivity contribution in [3.63, 3.8) is 0 Å². The summed E-state index contributed by atoms with van der Waals surface area (Å²) in [4.78, 5) is 12.2. The zero-order chi connectivity index (χ0) is 15.6. The zero-order valence-corrected chi connectivity index (χ0v) is 13.1. The molecule has 0 atom stereocenters. The minimum atomic E-state index is -0.864. The van der Waals surface area contributed by atoms with E-state index in [-0.39, 0.29) is 15.7 Å². The van der Waals surface area contributed by atoms with Crippen molar-refractivity contribution in [3.05, 3.63) is 57.0 Å². The van der Waals surface area contributed by atoms with Gasteiger partial charge in [0.25, 0.3) is 5.91 Å². The Kier molecular flexibility index (Phi) is 4.80. The predicted molar refractivity (Wildman–Crippen MR) is 83.0 cm³/mol. The van der Waals surface area contributed by atoms with E-state index in [0.717, 1.165) is 6.07 Å². The number of hydrogen-bond donors (Lipinski definition) is 2. The summed E-state index contributed by atoms with van der Waals surface area (Å²) in [5.74, 6) is -2.17. The number of nitrogens with one attached hydrogen (secondary N) is 2. The zero-order valence-electron chi connectivity index (χ0n) is 10.8. The van der Waals surface area contributed by atoms with Gasteiger partial charge in [-0.2, -0.15) is 0 Å². The molecule has 110 valence electrons. The van der Waals surface area contributed by atoms with E-state index in [1.165, 1.54) is 6.07 Å². The average Bonchev–Trinajstić information content (AvgIpc) is 2.44. The molecule has 0 unspecified atom stereocenters. The number of amides is 1. The number of benzene rings is 2. The molecule has 0 radical (unpaired) electrons. The Labute approximate surface area is 133 Å². The first-order valence-corrected chi connectivity index (χ1v) is 7.02. The monoisotopic (exact) mass is 374 g/mol. The van der Waals surface area contributed by atoms with Crippen LogP contribution in [0.2, 0.25) is 5.02 Å². The lowest BCUT2D eigenvalue weighted by atomic mass is 10.1. The minimum Gasteiger partial charge on any atom is -0.387 e. The van der Waals surface area contributed by atoms with Crippen LogP contribution in [-0.2, 0) is 0 Å². The quantitative estimate of drug-likeness (QED) is 0.765. The summed E-state index contributed by atoms with van der Waals surface area (Å²) in [6.07, 6.45) is 0. The van der Waals surface area contributed by atoms with Gasteiger partial charge in [-0.25, -0.2) is 8.78 Å². The predicted octanol–water partition coefficient (Wildman–Crippen LogP) is 4.67. The lowest BCUT2D eigenvalue weighted by Crippen LogP contribution is -2.15. The molecule has 0 saturated carbocycles. The van der Waals surface area contributed by atoms with E-state index >= 15 is 0 Å². The molecule has 0 aliphatic heterocycles. The summed E-state index contributed by atoms with van der Waals surface area (Å²) in [5, 5.41) is 5.60. The number of rotatable bonds is 3. The van der Waals surface area contributed by atoms with Crippen molar-refractivity contribution in [2.24, 2.45) is 0 Å². The lowest BCUT2D eigenvalue weighted by molar-refractivity contribution is 0.102. The highest BCUT2D eigenvalue weighted by Gasteiger charge is 2.15. The molecule has 2 aromatic rings. The van der Waals surface area contributed by atoms with Crippen LogP contribution in [0.5, 0.6) is 0 Å². The third-order valence-electron chi connectivity index (χ3n) is 2.75. The standard InChI is InChI=1S/C14H10BrClF2N2O/c1-19-12-3-2-7(16)4-8(12)14(21)20-13-5-9(15)10(17)6-11(13)18/h2-6,19H,1H3,(H,20,21). The van der Waals surface area contributed by atoms with E-state index in [4.69, 9.17) is 11.6 Å². The summed E-state index contributed by atoms with van der Waals surface area (Å²) in [6, 6.07) is 6.56. The number of hydrogen-bond acceptors (Lipinski definition) is 2. The minimum absolute atomic E-state index is 0.0548. The van der Waals surface area contributed by atoms with Gasteiger partial charge in [-0.15, -0.1) is 0 Å². The van der Waals surface area contributed by atoms with E-state index in [9.17, 15) is 13.6 Å². The second kappa shape index (κ2) is 6.41. The molecular formula is C14H10BrClF2N2O. The van der Waals surface area contributed by atoms with Crippen LogP contribution in [0, 0.1) is 11.6 Å². The largest absolute Gasteiger partial charge is 0.387 e. The summed E-state index contributed by atoms with van der Waals surface area (Å²) >= 11 is 8.80. The molecule has 0 saturated heterocycles. The topological polar surface area (TPSA) is 41.1 Å². The highest BCUT2D eigenvalue weighted by atomic mass is 79.9. The first-order valence-electron chi connectivity index (χ1n) is 5.85. The van der Waals surface area contributed by atoms with Crippen LogP contribution in [0.1, 0.15) is 10.4 Å². The van der Waals surface area contributed by atoms with Crippen LogP contribution in [0.4, 0.5) is 20.2 Å².